The molecule has 0 fully saturated rings. The highest BCUT2D eigenvalue weighted by Crippen LogP contribution is 2.28. The van der Waals surface area contributed by atoms with Crippen molar-refractivity contribution in [2.24, 2.45) is 0 Å². The third kappa shape index (κ3) is 5.39. The van der Waals surface area contributed by atoms with E-state index in [-0.39, 0.29) is 18.0 Å². The van der Waals surface area contributed by atoms with Gasteiger partial charge < -0.3 is 14.8 Å². The number of hydrogen-bond donors (Lipinski definition) is 2. The molecule has 3 aromatic carbocycles. The number of carbonyl (C=O) groups is 2. The molecule has 0 radical (unpaired) electrons. The van der Waals surface area contributed by atoms with Gasteiger partial charge in [0.1, 0.15) is 11.3 Å². The number of carboxylic acids is 1. The molecule has 4 rings (SSSR count). The molecule has 0 spiro atoms. The molecule has 0 aliphatic heterocycles. The number of nitrogens with one attached hydrogen (secondary N) is 1. The van der Waals surface area contributed by atoms with E-state index in [2.05, 4.69) is 10.3 Å². The molecule has 166 valence electrons. The Kier molecular flexibility index (Phi) is 6.44. The summed E-state index contributed by atoms with van der Waals surface area (Å²) in [5.41, 5.74) is 2.43. The first-order chi connectivity index (χ1) is 15.8. The normalized spacial score (nSPS) is 11.2. The van der Waals surface area contributed by atoms with Crippen molar-refractivity contribution >= 4 is 57.9 Å². The van der Waals surface area contributed by atoms with Crippen LogP contribution in [0, 0.1) is 5.82 Å². The van der Waals surface area contributed by atoms with Crippen molar-refractivity contribution < 1.29 is 23.5 Å². The van der Waals surface area contributed by atoms with E-state index in [1.54, 1.807) is 42.5 Å². The average molecular weight is 485 g/mol. The van der Waals surface area contributed by atoms with Gasteiger partial charge in [-0.25, -0.2) is 9.37 Å². The summed E-state index contributed by atoms with van der Waals surface area (Å²) < 4.78 is 20.3. The topological polar surface area (TPSA) is 92.4 Å². The van der Waals surface area contributed by atoms with E-state index in [0.717, 1.165) is 0 Å². The molecule has 6 nitrogen and oxygen atoms in total. The van der Waals surface area contributed by atoms with Crippen LogP contribution >= 0.6 is 23.2 Å². The number of aliphatic carboxylic acids is 1. The predicted molar refractivity (Wildman–Crippen MR) is 125 cm³/mol. The highest BCUT2D eigenvalue weighted by molar-refractivity contribution is 6.35. The van der Waals surface area contributed by atoms with E-state index >= 15 is 0 Å². The summed E-state index contributed by atoms with van der Waals surface area (Å²) in [7, 11) is 0. The van der Waals surface area contributed by atoms with Gasteiger partial charge in [0.15, 0.2) is 5.58 Å². The second-order valence-electron chi connectivity index (χ2n) is 7.07. The number of aromatic nitrogens is 1. The molecule has 0 unspecified atom stereocenters. The lowest BCUT2D eigenvalue weighted by Gasteiger charge is -2.05. The van der Waals surface area contributed by atoms with E-state index in [1.165, 1.54) is 24.3 Å². The number of fused-ring (bicyclic) bond motifs is 1. The van der Waals surface area contributed by atoms with Gasteiger partial charge in [0.25, 0.3) is 0 Å². The van der Waals surface area contributed by atoms with Crippen molar-refractivity contribution in [3.05, 3.63) is 87.7 Å². The number of hydrogen-bond acceptors (Lipinski definition) is 4. The van der Waals surface area contributed by atoms with Crippen LogP contribution in [0.3, 0.4) is 0 Å². The summed E-state index contributed by atoms with van der Waals surface area (Å²) in [6, 6.07) is 13.9. The van der Waals surface area contributed by atoms with Crippen LogP contribution in [0.15, 0.2) is 65.1 Å². The molecule has 2 N–H and O–H groups in total. The molecule has 1 heterocycles. The molecule has 0 bridgehead atoms. The number of carbonyl (C=O) groups excluding carboxylic acids is 1. The van der Waals surface area contributed by atoms with Crippen LogP contribution in [-0.2, 0) is 16.0 Å². The van der Waals surface area contributed by atoms with Gasteiger partial charge in [0.05, 0.1) is 12.1 Å². The van der Waals surface area contributed by atoms with Gasteiger partial charge in [0.2, 0.25) is 11.8 Å². The highest BCUT2D eigenvalue weighted by atomic mass is 35.5. The second kappa shape index (κ2) is 9.44. The fourth-order valence-corrected chi connectivity index (χ4v) is 3.58. The van der Waals surface area contributed by atoms with Gasteiger partial charge in [-0.3, -0.25) is 9.59 Å². The van der Waals surface area contributed by atoms with Gasteiger partial charge in [-0.15, -0.1) is 0 Å². The first kappa shape index (κ1) is 22.5. The number of benzene rings is 3. The van der Waals surface area contributed by atoms with Crippen molar-refractivity contribution in [3.8, 4) is 11.5 Å². The number of anilines is 1. The predicted octanol–water partition coefficient (Wildman–Crippen LogP) is 6.22. The number of halogens is 3. The fourth-order valence-electron chi connectivity index (χ4n) is 3.11. The van der Waals surface area contributed by atoms with E-state index in [9.17, 15) is 14.0 Å². The second-order valence-corrected chi connectivity index (χ2v) is 7.92. The maximum absolute atomic E-state index is 14.6. The molecule has 33 heavy (non-hydrogen) atoms. The molecule has 0 aliphatic rings. The van der Waals surface area contributed by atoms with Crippen molar-refractivity contribution in [2.45, 2.75) is 6.42 Å². The summed E-state index contributed by atoms with van der Waals surface area (Å²) in [4.78, 5) is 27.4. The molecule has 0 atom stereocenters. The molecular weight excluding hydrogens is 470 g/mol. The Morgan fingerprint density at radius 2 is 1.91 bits per heavy atom. The summed E-state index contributed by atoms with van der Waals surface area (Å²) in [5.74, 6) is -2.00. The summed E-state index contributed by atoms with van der Waals surface area (Å²) in [6.07, 6.45) is 2.59. The highest BCUT2D eigenvalue weighted by Gasteiger charge is 2.13. The number of nitrogens with zero attached hydrogens (tertiary/aromatic N) is 1. The third-order valence-corrected chi connectivity index (χ3v) is 5.22. The minimum atomic E-state index is -0.955. The Labute approximate surface area is 197 Å². The number of rotatable bonds is 6. The molecular formula is C24H15Cl2FN2O4. The van der Waals surface area contributed by atoms with Crippen molar-refractivity contribution in [3.63, 3.8) is 0 Å². The van der Waals surface area contributed by atoms with Crippen LogP contribution in [0.5, 0.6) is 0 Å². The Bertz CT molecular complexity index is 1420. The quantitative estimate of drug-likeness (QED) is 0.317. The smallest absolute Gasteiger partial charge is 0.307 e. The standard InChI is InChI=1S/C24H15Cl2FN2O4/c25-16-5-2-14(17(26)12-16)4-8-22(30)28-19-6-3-15(11-18(19)27)24-29-20-9-13(10-23(31)32)1-7-21(20)33-24/h1-9,11-12H,10H2,(H,28,30)(H,31,32). The van der Waals surface area contributed by atoms with Crippen LogP contribution in [0.25, 0.3) is 28.6 Å². The lowest BCUT2D eigenvalue weighted by molar-refractivity contribution is -0.136. The summed E-state index contributed by atoms with van der Waals surface area (Å²) in [5, 5.41) is 12.3. The van der Waals surface area contributed by atoms with Crippen molar-refractivity contribution in [1.82, 2.24) is 4.98 Å². The van der Waals surface area contributed by atoms with Crippen molar-refractivity contribution in [2.75, 3.05) is 5.32 Å². The van der Waals surface area contributed by atoms with Crippen LogP contribution in [0.4, 0.5) is 10.1 Å². The van der Waals surface area contributed by atoms with E-state index < -0.39 is 17.7 Å². The zero-order chi connectivity index (χ0) is 23.5. The van der Waals surface area contributed by atoms with Gasteiger partial charge >= 0.3 is 5.97 Å². The van der Waals surface area contributed by atoms with E-state index in [0.29, 0.717) is 37.8 Å². The molecule has 0 saturated heterocycles. The molecule has 1 aromatic heterocycles. The average Bonchev–Trinajstić information content (AvgIpc) is 3.17. The van der Waals surface area contributed by atoms with E-state index in [4.69, 9.17) is 32.7 Å². The summed E-state index contributed by atoms with van der Waals surface area (Å²) >= 11 is 11.9. The fraction of sp³-hybridized carbons (Fsp3) is 0.0417. The largest absolute Gasteiger partial charge is 0.481 e. The first-order valence-electron chi connectivity index (χ1n) is 9.64. The molecule has 0 saturated carbocycles. The summed E-state index contributed by atoms with van der Waals surface area (Å²) in [6.45, 7) is 0. The number of amides is 1. The van der Waals surface area contributed by atoms with Crippen LogP contribution in [0.2, 0.25) is 10.0 Å². The Morgan fingerprint density at radius 3 is 2.64 bits per heavy atom. The first-order valence-corrected chi connectivity index (χ1v) is 10.4. The van der Waals surface area contributed by atoms with Gasteiger partial charge in [-0.1, -0.05) is 35.3 Å². The monoisotopic (exact) mass is 484 g/mol. The van der Waals surface area contributed by atoms with Crippen molar-refractivity contribution in [1.29, 1.82) is 0 Å². The Morgan fingerprint density at radius 1 is 1.09 bits per heavy atom. The van der Waals surface area contributed by atoms with Gasteiger partial charge in [-0.05, 0) is 59.7 Å². The maximum atomic E-state index is 14.6. The van der Waals surface area contributed by atoms with Gasteiger partial charge in [0, 0.05) is 21.7 Å². The zero-order valence-electron chi connectivity index (χ0n) is 16.8. The number of carboxylic acid groups (broad SMARTS) is 1. The molecule has 1 amide bonds. The number of oxazole rings is 1. The van der Waals surface area contributed by atoms with Crippen LogP contribution in [0.1, 0.15) is 11.1 Å². The maximum Gasteiger partial charge on any atom is 0.307 e. The Hall–Kier alpha value is -3.68. The zero-order valence-corrected chi connectivity index (χ0v) is 18.3. The lowest BCUT2D eigenvalue weighted by atomic mass is 10.1. The third-order valence-electron chi connectivity index (χ3n) is 4.66. The molecule has 0 aliphatic carbocycles. The van der Waals surface area contributed by atoms with Gasteiger partial charge in [-0.2, -0.15) is 0 Å². The van der Waals surface area contributed by atoms with Crippen LogP contribution < -0.4 is 5.32 Å². The Balaban J connectivity index is 1.50. The SMILES string of the molecule is O=C(O)Cc1ccc2oc(-c3ccc(NC(=O)C=Cc4ccc(Cl)cc4Cl)c(F)c3)nc2c1. The minimum absolute atomic E-state index is 0.0181. The van der Waals surface area contributed by atoms with Crippen LogP contribution in [-0.4, -0.2) is 22.0 Å². The molecule has 9 heteroatoms. The molecule has 4 aromatic rings. The lowest BCUT2D eigenvalue weighted by Crippen LogP contribution is -2.09. The minimum Gasteiger partial charge on any atom is -0.481 e. The van der Waals surface area contributed by atoms with E-state index in [1.807, 2.05) is 0 Å².